The Bertz CT molecular complexity index is 1140. The molecule has 6 nitrogen and oxygen atoms in total. The Labute approximate surface area is 186 Å². The van der Waals surface area contributed by atoms with Crippen molar-refractivity contribution >= 4 is 34.3 Å². The molecule has 1 fully saturated rings. The number of nitrogens with zero attached hydrogens (tertiary/aromatic N) is 2. The second-order valence-electron chi connectivity index (χ2n) is 8.08. The minimum atomic E-state index is -0.128. The Morgan fingerprint density at radius 3 is 2.87 bits per heavy atom. The number of rotatable bonds is 7. The molecule has 4 rings (SSSR count). The molecule has 1 atom stereocenters. The molecule has 3 aromatic rings. The summed E-state index contributed by atoms with van der Waals surface area (Å²) in [5, 5.41) is 4.08. The molecule has 1 aliphatic heterocycles. The van der Waals surface area contributed by atoms with Crippen LogP contribution >= 0.6 is 11.8 Å². The number of carbonyl (C=O) groups is 1. The molecule has 0 spiro atoms. The summed E-state index contributed by atoms with van der Waals surface area (Å²) in [5.41, 5.74) is 2.50. The van der Waals surface area contributed by atoms with E-state index in [0.29, 0.717) is 28.5 Å². The van der Waals surface area contributed by atoms with E-state index in [1.807, 2.05) is 36.4 Å². The molecule has 0 bridgehead atoms. The van der Waals surface area contributed by atoms with Gasteiger partial charge in [-0.2, -0.15) is 0 Å². The highest BCUT2D eigenvalue weighted by Crippen LogP contribution is 2.22. The summed E-state index contributed by atoms with van der Waals surface area (Å²) in [7, 11) is 0. The summed E-state index contributed by atoms with van der Waals surface area (Å²) in [5.74, 6) is 0.430. The molecule has 2 heterocycles. The van der Waals surface area contributed by atoms with Crippen LogP contribution in [0.3, 0.4) is 0 Å². The van der Waals surface area contributed by atoms with E-state index in [-0.39, 0.29) is 23.3 Å². The molecule has 7 heteroatoms. The van der Waals surface area contributed by atoms with Crippen LogP contribution in [-0.2, 0) is 16.1 Å². The van der Waals surface area contributed by atoms with Crippen molar-refractivity contribution in [3.63, 3.8) is 0 Å². The highest BCUT2D eigenvalue weighted by atomic mass is 32.2. The number of anilines is 1. The van der Waals surface area contributed by atoms with E-state index in [1.54, 1.807) is 10.6 Å². The fourth-order valence-corrected chi connectivity index (χ4v) is 4.52. The first-order valence-corrected chi connectivity index (χ1v) is 11.6. The fraction of sp³-hybridized carbons (Fsp3) is 0.375. The number of nitrogens with one attached hydrogen (secondary N) is 1. The van der Waals surface area contributed by atoms with Crippen LogP contribution in [-0.4, -0.2) is 33.9 Å². The molecule has 0 aliphatic carbocycles. The van der Waals surface area contributed by atoms with Crippen LogP contribution in [0.4, 0.5) is 5.69 Å². The van der Waals surface area contributed by atoms with Gasteiger partial charge < -0.3 is 10.1 Å². The van der Waals surface area contributed by atoms with E-state index in [1.165, 1.54) is 17.3 Å². The zero-order valence-corrected chi connectivity index (χ0v) is 18.7. The lowest BCUT2D eigenvalue weighted by Gasteiger charge is -2.16. The van der Waals surface area contributed by atoms with Crippen LogP contribution in [0, 0.1) is 0 Å². The zero-order valence-electron chi connectivity index (χ0n) is 17.8. The third kappa shape index (κ3) is 5.17. The molecule has 1 N–H and O–H groups in total. The summed E-state index contributed by atoms with van der Waals surface area (Å²) in [4.78, 5) is 30.4. The maximum Gasteiger partial charge on any atom is 0.262 e. The largest absolute Gasteiger partial charge is 0.376 e. The predicted octanol–water partition coefficient (Wildman–Crippen LogP) is 4.43. The monoisotopic (exact) mass is 437 g/mol. The van der Waals surface area contributed by atoms with E-state index >= 15 is 0 Å². The topological polar surface area (TPSA) is 73.2 Å². The number of ether oxygens (including phenoxy) is 1. The molecule has 0 saturated carbocycles. The van der Waals surface area contributed by atoms with Crippen molar-refractivity contribution in [2.75, 3.05) is 17.7 Å². The predicted molar refractivity (Wildman–Crippen MR) is 125 cm³/mol. The summed E-state index contributed by atoms with van der Waals surface area (Å²) in [6, 6.07) is 15.2. The van der Waals surface area contributed by atoms with E-state index in [4.69, 9.17) is 4.74 Å². The van der Waals surface area contributed by atoms with E-state index in [2.05, 4.69) is 30.2 Å². The van der Waals surface area contributed by atoms with E-state index in [9.17, 15) is 9.59 Å². The van der Waals surface area contributed by atoms with Gasteiger partial charge in [0.2, 0.25) is 5.91 Å². The number of benzene rings is 2. The number of fused-ring (bicyclic) bond motifs is 1. The third-order valence-electron chi connectivity index (χ3n) is 5.41. The normalized spacial score (nSPS) is 16.2. The van der Waals surface area contributed by atoms with E-state index in [0.717, 1.165) is 25.1 Å². The van der Waals surface area contributed by atoms with E-state index < -0.39 is 0 Å². The summed E-state index contributed by atoms with van der Waals surface area (Å²) >= 11 is 1.28. The first kappa shape index (κ1) is 21.6. The van der Waals surface area contributed by atoms with Gasteiger partial charge in [-0.25, -0.2) is 4.98 Å². The lowest BCUT2D eigenvalue weighted by Crippen LogP contribution is -2.29. The van der Waals surface area contributed by atoms with Crippen molar-refractivity contribution in [3.05, 3.63) is 64.4 Å². The van der Waals surface area contributed by atoms with Gasteiger partial charge in [0, 0.05) is 12.3 Å². The minimum Gasteiger partial charge on any atom is -0.376 e. The lowest BCUT2D eigenvalue weighted by atomic mass is 10.0. The Kier molecular flexibility index (Phi) is 6.73. The molecule has 162 valence electrons. The number of carbonyl (C=O) groups excluding carboxylic acids is 1. The van der Waals surface area contributed by atoms with Crippen molar-refractivity contribution < 1.29 is 9.53 Å². The second-order valence-corrected chi connectivity index (χ2v) is 9.02. The average Bonchev–Trinajstić information content (AvgIpc) is 3.28. The van der Waals surface area contributed by atoms with Crippen LogP contribution in [0.5, 0.6) is 0 Å². The molecular weight excluding hydrogens is 410 g/mol. The van der Waals surface area contributed by atoms with Gasteiger partial charge in [0.25, 0.3) is 5.56 Å². The smallest absolute Gasteiger partial charge is 0.262 e. The summed E-state index contributed by atoms with van der Waals surface area (Å²) < 4.78 is 7.40. The van der Waals surface area contributed by atoms with Gasteiger partial charge in [-0.1, -0.05) is 49.9 Å². The highest BCUT2D eigenvalue weighted by molar-refractivity contribution is 7.99. The molecule has 1 unspecified atom stereocenters. The molecule has 1 aliphatic rings. The number of hydrogen-bond acceptors (Lipinski definition) is 5. The standard InChI is InChI=1S/C24H27N3O3S/c1-16(2)17-7-5-8-18(13-17)25-22(28)15-31-24-26-21-11-4-3-10-20(21)23(29)27(24)14-19-9-6-12-30-19/h3-5,7-8,10-11,13,16,19H,6,9,12,14-15H2,1-2H3,(H,25,28). The summed E-state index contributed by atoms with van der Waals surface area (Å²) in [6.45, 7) is 5.42. The van der Waals surface area contributed by atoms with Gasteiger partial charge in [0.1, 0.15) is 0 Å². The Morgan fingerprint density at radius 2 is 2.10 bits per heavy atom. The number of hydrogen-bond donors (Lipinski definition) is 1. The van der Waals surface area contributed by atoms with Crippen molar-refractivity contribution in [1.29, 1.82) is 0 Å². The van der Waals surface area contributed by atoms with Gasteiger partial charge >= 0.3 is 0 Å². The van der Waals surface area contributed by atoms with Gasteiger partial charge in [0.15, 0.2) is 5.16 Å². The number of amides is 1. The van der Waals surface area contributed by atoms with Crippen LogP contribution in [0.1, 0.15) is 38.2 Å². The van der Waals surface area contributed by atoms with Crippen LogP contribution in [0.25, 0.3) is 10.9 Å². The van der Waals surface area contributed by atoms with Crippen LogP contribution in [0.15, 0.2) is 58.5 Å². The number of para-hydroxylation sites is 1. The van der Waals surface area contributed by atoms with Gasteiger partial charge in [-0.05, 0) is 48.6 Å². The molecule has 1 aromatic heterocycles. The maximum atomic E-state index is 13.1. The lowest BCUT2D eigenvalue weighted by molar-refractivity contribution is -0.113. The van der Waals surface area contributed by atoms with Crippen molar-refractivity contribution in [2.45, 2.75) is 50.4 Å². The SMILES string of the molecule is CC(C)c1cccc(NC(=O)CSc2nc3ccccc3c(=O)n2CC2CCCO2)c1. The number of thioether (sulfide) groups is 1. The zero-order chi connectivity index (χ0) is 21.8. The van der Waals surface area contributed by atoms with Crippen LogP contribution in [0.2, 0.25) is 0 Å². The Morgan fingerprint density at radius 1 is 1.26 bits per heavy atom. The van der Waals surface area contributed by atoms with Crippen molar-refractivity contribution in [2.24, 2.45) is 0 Å². The first-order chi connectivity index (χ1) is 15.0. The molecule has 1 saturated heterocycles. The van der Waals surface area contributed by atoms with Gasteiger partial charge in [-0.15, -0.1) is 0 Å². The quantitative estimate of drug-likeness (QED) is 0.437. The average molecular weight is 438 g/mol. The van der Waals surface area contributed by atoms with Crippen LogP contribution < -0.4 is 10.9 Å². The third-order valence-corrected chi connectivity index (χ3v) is 6.38. The minimum absolute atomic E-state index is 0.00705. The van der Waals surface area contributed by atoms with Gasteiger partial charge in [0.05, 0.1) is 29.3 Å². The molecule has 1 amide bonds. The molecular formula is C24H27N3O3S. The highest BCUT2D eigenvalue weighted by Gasteiger charge is 2.20. The fourth-order valence-electron chi connectivity index (χ4n) is 3.71. The Hall–Kier alpha value is -2.64. The Balaban J connectivity index is 1.53. The first-order valence-electron chi connectivity index (χ1n) is 10.6. The molecule has 31 heavy (non-hydrogen) atoms. The molecule has 2 aromatic carbocycles. The maximum absolute atomic E-state index is 13.1. The van der Waals surface area contributed by atoms with Gasteiger partial charge in [-0.3, -0.25) is 14.2 Å². The number of aromatic nitrogens is 2. The molecule has 0 radical (unpaired) electrons. The van der Waals surface area contributed by atoms with Crippen molar-refractivity contribution in [3.8, 4) is 0 Å². The second kappa shape index (κ2) is 9.66. The van der Waals surface area contributed by atoms with Crippen molar-refractivity contribution in [1.82, 2.24) is 9.55 Å². The summed E-state index contributed by atoms with van der Waals surface area (Å²) in [6.07, 6.45) is 1.93.